The summed E-state index contributed by atoms with van der Waals surface area (Å²) < 4.78 is 0. The molecule has 1 N–H and O–H groups in total. The highest BCUT2D eigenvalue weighted by atomic mass is 16.6. The topological polar surface area (TPSA) is 72.2 Å². The van der Waals surface area contributed by atoms with Crippen molar-refractivity contribution in [3.8, 4) is 0 Å². The van der Waals surface area contributed by atoms with E-state index in [9.17, 15) is 14.9 Å². The maximum Gasteiger partial charge on any atom is 0.324 e. The van der Waals surface area contributed by atoms with Gasteiger partial charge in [0.05, 0.1) is 11.1 Å². The predicted molar refractivity (Wildman–Crippen MR) is 39.4 cm³/mol. The number of carbonyl (C=O) groups excluding carboxylic acids is 1. The third-order valence-corrected chi connectivity index (χ3v) is 0.976. The zero-order valence-corrected chi connectivity index (χ0v) is 6.24. The van der Waals surface area contributed by atoms with Gasteiger partial charge < -0.3 is 5.32 Å². The zero-order valence-electron chi connectivity index (χ0n) is 6.24. The minimum Gasteiger partial charge on any atom is -0.385 e. The van der Waals surface area contributed by atoms with E-state index in [-0.39, 0.29) is 6.29 Å². The standard InChI is InChI=1S/C6H10N2O3/c1-2-3-7-4-6(5-9)8(10)11/h4-5,7H,2-3H2,1H3/b6-4+. The Hall–Kier alpha value is -1.39. The Kier molecular flexibility index (Phi) is 4.72. The van der Waals surface area contributed by atoms with Crippen molar-refractivity contribution in [3.05, 3.63) is 22.0 Å². The first-order valence-electron chi connectivity index (χ1n) is 3.25. The van der Waals surface area contributed by atoms with Gasteiger partial charge in [0.2, 0.25) is 6.29 Å². The van der Waals surface area contributed by atoms with E-state index in [1.807, 2.05) is 6.92 Å². The Morgan fingerprint density at radius 1 is 1.73 bits per heavy atom. The van der Waals surface area contributed by atoms with E-state index in [0.29, 0.717) is 6.54 Å². The van der Waals surface area contributed by atoms with Crippen molar-refractivity contribution in [1.29, 1.82) is 0 Å². The van der Waals surface area contributed by atoms with Crippen LogP contribution in [0.1, 0.15) is 13.3 Å². The summed E-state index contributed by atoms with van der Waals surface area (Å²) in [5.74, 6) is 0. The van der Waals surface area contributed by atoms with Crippen molar-refractivity contribution in [2.24, 2.45) is 0 Å². The quantitative estimate of drug-likeness (QED) is 0.205. The van der Waals surface area contributed by atoms with Crippen LogP contribution < -0.4 is 5.32 Å². The summed E-state index contributed by atoms with van der Waals surface area (Å²) in [5.41, 5.74) is -0.446. The van der Waals surface area contributed by atoms with Gasteiger partial charge in [0.25, 0.3) is 0 Å². The van der Waals surface area contributed by atoms with Gasteiger partial charge in [-0.3, -0.25) is 14.9 Å². The summed E-state index contributed by atoms with van der Waals surface area (Å²) in [7, 11) is 0. The smallest absolute Gasteiger partial charge is 0.324 e. The second-order valence-corrected chi connectivity index (χ2v) is 1.90. The number of nitrogens with zero attached hydrogens (tertiary/aromatic N) is 1. The van der Waals surface area contributed by atoms with Crippen LogP contribution >= 0.6 is 0 Å². The van der Waals surface area contributed by atoms with E-state index >= 15 is 0 Å². The van der Waals surface area contributed by atoms with Crippen molar-refractivity contribution < 1.29 is 9.72 Å². The number of nitro groups is 1. The Morgan fingerprint density at radius 2 is 2.36 bits per heavy atom. The second kappa shape index (κ2) is 5.40. The second-order valence-electron chi connectivity index (χ2n) is 1.90. The van der Waals surface area contributed by atoms with Gasteiger partial charge in [-0.2, -0.15) is 0 Å². The van der Waals surface area contributed by atoms with Gasteiger partial charge in [-0.1, -0.05) is 6.92 Å². The van der Waals surface area contributed by atoms with E-state index in [1.54, 1.807) is 0 Å². The fourth-order valence-electron chi connectivity index (χ4n) is 0.451. The van der Waals surface area contributed by atoms with Crippen LogP contribution in [0.5, 0.6) is 0 Å². The number of rotatable bonds is 5. The van der Waals surface area contributed by atoms with E-state index < -0.39 is 10.6 Å². The molecule has 0 aromatic rings. The number of allylic oxidation sites excluding steroid dienone is 1. The summed E-state index contributed by atoms with van der Waals surface area (Å²) in [6.45, 7) is 2.55. The average Bonchev–Trinajstić information content (AvgIpc) is 1.97. The van der Waals surface area contributed by atoms with Gasteiger partial charge in [-0.15, -0.1) is 0 Å². The first-order chi connectivity index (χ1) is 5.22. The fraction of sp³-hybridized carbons (Fsp3) is 0.500. The van der Waals surface area contributed by atoms with Gasteiger partial charge in [-0.05, 0) is 6.42 Å². The minimum atomic E-state index is -0.727. The van der Waals surface area contributed by atoms with Crippen LogP contribution in [0.2, 0.25) is 0 Å². The molecule has 0 saturated heterocycles. The van der Waals surface area contributed by atoms with Crippen LogP contribution in [-0.2, 0) is 4.79 Å². The number of carbonyl (C=O) groups is 1. The lowest BCUT2D eigenvalue weighted by atomic mass is 10.5. The summed E-state index contributed by atoms with van der Waals surface area (Å²) >= 11 is 0. The molecule has 0 bridgehead atoms. The van der Waals surface area contributed by atoms with Crippen molar-refractivity contribution in [1.82, 2.24) is 5.32 Å². The molecule has 0 radical (unpaired) electrons. The molecule has 0 heterocycles. The molecule has 5 nitrogen and oxygen atoms in total. The van der Waals surface area contributed by atoms with Gasteiger partial charge in [-0.25, -0.2) is 0 Å². The molecule has 0 saturated carbocycles. The van der Waals surface area contributed by atoms with E-state index in [2.05, 4.69) is 5.32 Å². The lowest BCUT2D eigenvalue weighted by Crippen LogP contribution is -2.10. The molecule has 0 aliphatic carbocycles. The highest BCUT2D eigenvalue weighted by molar-refractivity contribution is 5.69. The van der Waals surface area contributed by atoms with E-state index in [1.165, 1.54) is 0 Å². The highest BCUT2D eigenvalue weighted by Gasteiger charge is 2.06. The molecule has 0 aliphatic heterocycles. The molecule has 0 unspecified atom stereocenters. The largest absolute Gasteiger partial charge is 0.385 e. The number of hydrogen-bond acceptors (Lipinski definition) is 4. The van der Waals surface area contributed by atoms with Crippen LogP contribution in [0, 0.1) is 10.1 Å². The van der Waals surface area contributed by atoms with Gasteiger partial charge in [0.1, 0.15) is 0 Å². The monoisotopic (exact) mass is 158 g/mol. The molecule has 5 heteroatoms. The lowest BCUT2D eigenvalue weighted by Gasteiger charge is -1.93. The molecule has 0 fully saturated rings. The molecule has 11 heavy (non-hydrogen) atoms. The Balaban J connectivity index is 3.91. The van der Waals surface area contributed by atoms with E-state index in [4.69, 9.17) is 0 Å². The third kappa shape index (κ3) is 4.07. The van der Waals surface area contributed by atoms with Crippen LogP contribution in [-0.4, -0.2) is 17.8 Å². The molecule has 0 spiro atoms. The van der Waals surface area contributed by atoms with Crippen molar-refractivity contribution >= 4 is 6.29 Å². The third-order valence-electron chi connectivity index (χ3n) is 0.976. The highest BCUT2D eigenvalue weighted by Crippen LogP contribution is 1.86. The Bertz CT molecular complexity index is 177. The molecule has 0 aliphatic rings. The van der Waals surface area contributed by atoms with Crippen LogP contribution in [0.15, 0.2) is 11.9 Å². The van der Waals surface area contributed by atoms with Crippen LogP contribution in [0.4, 0.5) is 0 Å². The number of hydrogen-bond donors (Lipinski definition) is 1. The maximum atomic E-state index is 9.99. The Morgan fingerprint density at radius 3 is 2.73 bits per heavy atom. The van der Waals surface area contributed by atoms with Crippen molar-refractivity contribution in [2.45, 2.75) is 13.3 Å². The first kappa shape index (κ1) is 9.61. The molecule has 0 aromatic carbocycles. The molecular formula is C6H10N2O3. The molecule has 0 amide bonds. The van der Waals surface area contributed by atoms with E-state index in [0.717, 1.165) is 12.6 Å². The van der Waals surface area contributed by atoms with Crippen LogP contribution in [0.3, 0.4) is 0 Å². The molecular weight excluding hydrogens is 148 g/mol. The van der Waals surface area contributed by atoms with Crippen molar-refractivity contribution in [2.75, 3.05) is 6.54 Å². The number of aldehydes is 1. The van der Waals surface area contributed by atoms with Gasteiger partial charge in [0.15, 0.2) is 0 Å². The Labute approximate surface area is 64.2 Å². The first-order valence-corrected chi connectivity index (χ1v) is 3.25. The van der Waals surface area contributed by atoms with Crippen LogP contribution in [0.25, 0.3) is 0 Å². The van der Waals surface area contributed by atoms with Crippen molar-refractivity contribution in [3.63, 3.8) is 0 Å². The molecule has 62 valence electrons. The maximum absolute atomic E-state index is 9.99. The number of nitrogens with one attached hydrogen (secondary N) is 1. The average molecular weight is 158 g/mol. The summed E-state index contributed by atoms with van der Waals surface area (Å²) in [6, 6.07) is 0. The molecule has 0 rings (SSSR count). The SMILES string of the molecule is CCCN/C=C(\C=O)[N+](=O)[O-]. The van der Waals surface area contributed by atoms with Gasteiger partial charge >= 0.3 is 5.70 Å². The van der Waals surface area contributed by atoms with Gasteiger partial charge in [0, 0.05) is 6.54 Å². The normalized spacial score (nSPS) is 10.8. The summed E-state index contributed by atoms with van der Waals surface area (Å²) in [4.78, 5) is 19.3. The minimum absolute atomic E-state index is 0.211. The molecule has 0 aromatic heterocycles. The summed E-state index contributed by atoms with van der Waals surface area (Å²) in [6.07, 6.45) is 2.18. The fourth-order valence-corrected chi connectivity index (χ4v) is 0.451. The zero-order chi connectivity index (χ0) is 8.69. The molecule has 0 atom stereocenters. The lowest BCUT2D eigenvalue weighted by molar-refractivity contribution is -0.417. The predicted octanol–water partition coefficient (Wildman–Crippen LogP) is 0.303. The summed E-state index contributed by atoms with van der Waals surface area (Å²) in [5, 5.41) is 12.6.